The minimum Gasteiger partial charge on any atom is -0.296 e. The third kappa shape index (κ3) is 3.70. The summed E-state index contributed by atoms with van der Waals surface area (Å²) in [6.45, 7) is 3.41. The van der Waals surface area contributed by atoms with Crippen LogP contribution in [0, 0.1) is 0 Å². The van der Waals surface area contributed by atoms with Crippen LogP contribution in [0.1, 0.15) is 26.7 Å². The molecule has 3 nitrogen and oxygen atoms in total. The predicted molar refractivity (Wildman–Crippen MR) is 33.7 cm³/mol. The van der Waals surface area contributed by atoms with Gasteiger partial charge < -0.3 is 0 Å². The van der Waals surface area contributed by atoms with Crippen molar-refractivity contribution in [3.05, 3.63) is 0 Å². The standard InChI is InChI=1S/C6H11NO2/c1-3-5(8)7-6(9)4-2/h3-4H2,1-2H3,(H,7,8,9). The van der Waals surface area contributed by atoms with E-state index in [9.17, 15) is 9.59 Å². The van der Waals surface area contributed by atoms with Gasteiger partial charge in [-0.15, -0.1) is 0 Å². The molecule has 2 amide bonds. The predicted octanol–water partition coefficient (Wildman–Crippen LogP) is 0.449. The molecular weight excluding hydrogens is 118 g/mol. The molecule has 0 aliphatic heterocycles. The van der Waals surface area contributed by atoms with Gasteiger partial charge in [-0.25, -0.2) is 0 Å². The molecule has 0 saturated heterocycles. The average Bonchev–Trinajstić information content (AvgIpc) is 1.87. The summed E-state index contributed by atoms with van der Waals surface area (Å²) in [4.78, 5) is 20.9. The van der Waals surface area contributed by atoms with E-state index in [2.05, 4.69) is 5.32 Å². The Morgan fingerprint density at radius 1 is 1.11 bits per heavy atom. The molecule has 0 aromatic carbocycles. The van der Waals surface area contributed by atoms with Gasteiger partial charge in [0.2, 0.25) is 11.8 Å². The molecule has 0 rings (SSSR count). The molecule has 0 aliphatic rings. The second-order valence-corrected chi connectivity index (χ2v) is 1.68. The van der Waals surface area contributed by atoms with Crippen LogP contribution in [0.5, 0.6) is 0 Å². The third-order valence-electron chi connectivity index (χ3n) is 0.921. The van der Waals surface area contributed by atoms with Crippen molar-refractivity contribution >= 4 is 11.8 Å². The minimum atomic E-state index is -0.207. The van der Waals surface area contributed by atoms with E-state index >= 15 is 0 Å². The second-order valence-electron chi connectivity index (χ2n) is 1.68. The van der Waals surface area contributed by atoms with Gasteiger partial charge >= 0.3 is 0 Å². The molecule has 0 saturated carbocycles. The molecule has 0 spiro atoms. The van der Waals surface area contributed by atoms with Gasteiger partial charge in [0.25, 0.3) is 0 Å². The van der Waals surface area contributed by atoms with E-state index in [1.165, 1.54) is 0 Å². The quantitative estimate of drug-likeness (QED) is 0.588. The summed E-state index contributed by atoms with van der Waals surface area (Å²) in [6, 6.07) is 0. The molecule has 1 N–H and O–H groups in total. The van der Waals surface area contributed by atoms with E-state index in [0.717, 1.165) is 0 Å². The van der Waals surface area contributed by atoms with Gasteiger partial charge in [-0.05, 0) is 0 Å². The number of hydrogen-bond donors (Lipinski definition) is 1. The first-order valence-electron chi connectivity index (χ1n) is 3.03. The van der Waals surface area contributed by atoms with Crippen LogP contribution in [0.3, 0.4) is 0 Å². The Labute approximate surface area is 54.4 Å². The van der Waals surface area contributed by atoms with E-state index in [-0.39, 0.29) is 11.8 Å². The van der Waals surface area contributed by atoms with Crippen LogP contribution in [0.2, 0.25) is 0 Å². The highest BCUT2D eigenvalue weighted by molar-refractivity contribution is 5.94. The number of carbonyl (C=O) groups excluding carboxylic acids is 2. The molecule has 0 heterocycles. The maximum Gasteiger partial charge on any atom is 0.226 e. The van der Waals surface area contributed by atoms with Gasteiger partial charge in [0.05, 0.1) is 0 Å². The van der Waals surface area contributed by atoms with Crippen LogP contribution < -0.4 is 5.32 Å². The van der Waals surface area contributed by atoms with Crippen molar-refractivity contribution in [3.63, 3.8) is 0 Å². The topological polar surface area (TPSA) is 46.2 Å². The smallest absolute Gasteiger partial charge is 0.226 e. The lowest BCUT2D eigenvalue weighted by atomic mass is 10.4. The van der Waals surface area contributed by atoms with Crippen LogP contribution in [-0.4, -0.2) is 11.8 Å². The van der Waals surface area contributed by atoms with Crippen LogP contribution in [-0.2, 0) is 9.59 Å². The first-order valence-corrected chi connectivity index (χ1v) is 3.03. The van der Waals surface area contributed by atoms with Gasteiger partial charge in [-0.3, -0.25) is 14.9 Å². The van der Waals surface area contributed by atoms with Crippen molar-refractivity contribution in [1.82, 2.24) is 5.32 Å². The second kappa shape index (κ2) is 4.06. The van der Waals surface area contributed by atoms with Crippen LogP contribution >= 0.6 is 0 Å². The van der Waals surface area contributed by atoms with Crippen molar-refractivity contribution in [2.75, 3.05) is 0 Å². The molecule has 0 aromatic heterocycles. The van der Waals surface area contributed by atoms with Crippen molar-refractivity contribution in [1.29, 1.82) is 0 Å². The highest BCUT2D eigenvalue weighted by Crippen LogP contribution is 1.78. The molecule has 0 bridgehead atoms. The fraction of sp³-hybridized carbons (Fsp3) is 0.667. The van der Waals surface area contributed by atoms with E-state index < -0.39 is 0 Å². The molecule has 9 heavy (non-hydrogen) atoms. The van der Waals surface area contributed by atoms with E-state index in [1.807, 2.05) is 0 Å². The Balaban J connectivity index is 3.47. The molecule has 0 unspecified atom stereocenters. The van der Waals surface area contributed by atoms with Gasteiger partial charge in [0, 0.05) is 12.8 Å². The maximum atomic E-state index is 10.4. The summed E-state index contributed by atoms with van der Waals surface area (Å²) in [7, 11) is 0. The Morgan fingerprint density at radius 3 is 1.67 bits per heavy atom. The first-order chi connectivity index (χ1) is 4.20. The number of rotatable bonds is 2. The zero-order chi connectivity index (χ0) is 7.28. The SMILES string of the molecule is CCC(=O)NC(=O)CC. The summed E-state index contributed by atoms with van der Waals surface area (Å²) in [6.07, 6.45) is 0.734. The summed E-state index contributed by atoms with van der Waals surface area (Å²) in [5.41, 5.74) is 0. The van der Waals surface area contributed by atoms with Gasteiger partial charge in [0.15, 0.2) is 0 Å². The van der Waals surface area contributed by atoms with Gasteiger partial charge in [-0.2, -0.15) is 0 Å². The van der Waals surface area contributed by atoms with E-state index in [4.69, 9.17) is 0 Å². The van der Waals surface area contributed by atoms with E-state index in [0.29, 0.717) is 12.8 Å². The Hall–Kier alpha value is -0.860. The lowest BCUT2D eigenvalue weighted by Crippen LogP contribution is -2.28. The Kier molecular flexibility index (Phi) is 3.67. The summed E-state index contributed by atoms with van der Waals surface area (Å²) < 4.78 is 0. The molecule has 0 radical (unpaired) electrons. The van der Waals surface area contributed by atoms with Crippen molar-refractivity contribution < 1.29 is 9.59 Å². The van der Waals surface area contributed by atoms with Crippen molar-refractivity contribution in [3.8, 4) is 0 Å². The lowest BCUT2D eigenvalue weighted by Gasteiger charge is -1.96. The number of carbonyl (C=O) groups is 2. The Bertz CT molecular complexity index is 106. The van der Waals surface area contributed by atoms with Crippen LogP contribution in [0.4, 0.5) is 0 Å². The van der Waals surface area contributed by atoms with Crippen LogP contribution in [0.15, 0.2) is 0 Å². The normalized spacial score (nSPS) is 8.67. The zero-order valence-electron chi connectivity index (χ0n) is 5.73. The van der Waals surface area contributed by atoms with Crippen molar-refractivity contribution in [2.45, 2.75) is 26.7 Å². The van der Waals surface area contributed by atoms with Crippen molar-refractivity contribution in [2.24, 2.45) is 0 Å². The van der Waals surface area contributed by atoms with Crippen LogP contribution in [0.25, 0.3) is 0 Å². The monoisotopic (exact) mass is 129 g/mol. The minimum absolute atomic E-state index is 0.207. The zero-order valence-corrected chi connectivity index (χ0v) is 5.73. The highest BCUT2D eigenvalue weighted by Gasteiger charge is 2.00. The average molecular weight is 129 g/mol. The fourth-order valence-corrected chi connectivity index (χ4v) is 0.332. The number of hydrogen-bond acceptors (Lipinski definition) is 2. The molecule has 0 atom stereocenters. The number of amides is 2. The lowest BCUT2D eigenvalue weighted by molar-refractivity contribution is -0.130. The van der Waals surface area contributed by atoms with Gasteiger partial charge in [0.1, 0.15) is 0 Å². The largest absolute Gasteiger partial charge is 0.296 e. The number of imide groups is 1. The molecule has 0 aliphatic carbocycles. The molecule has 0 fully saturated rings. The maximum absolute atomic E-state index is 10.4. The summed E-state index contributed by atoms with van der Waals surface area (Å²) in [5.74, 6) is -0.413. The number of nitrogens with one attached hydrogen (secondary N) is 1. The fourth-order valence-electron chi connectivity index (χ4n) is 0.332. The van der Waals surface area contributed by atoms with Gasteiger partial charge in [-0.1, -0.05) is 13.8 Å². The Morgan fingerprint density at radius 2 is 1.44 bits per heavy atom. The molecular formula is C6H11NO2. The van der Waals surface area contributed by atoms with E-state index in [1.54, 1.807) is 13.8 Å². The molecule has 52 valence electrons. The molecule has 3 heteroatoms. The first kappa shape index (κ1) is 8.14. The third-order valence-corrected chi connectivity index (χ3v) is 0.921. The highest BCUT2D eigenvalue weighted by atomic mass is 16.2. The summed E-state index contributed by atoms with van der Waals surface area (Å²) >= 11 is 0. The molecule has 0 aromatic rings. The summed E-state index contributed by atoms with van der Waals surface area (Å²) in [5, 5.41) is 2.20.